The molecule has 1 aromatic carbocycles. The number of fused-ring (bicyclic) bond motifs is 1. The van der Waals surface area contributed by atoms with E-state index in [9.17, 15) is 5.11 Å². The summed E-state index contributed by atoms with van der Waals surface area (Å²) in [5.41, 5.74) is 1.59. The number of aromatic amines is 1. The van der Waals surface area contributed by atoms with Crippen LogP contribution in [0.2, 0.25) is 0 Å². The van der Waals surface area contributed by atoms with Gasteiger partial charge in [0.15, 0.2) is 0 Å². The zero-order chi connectivity index (χ0) is 11.1. The van der Waals surface area contributed by atoms with Crippen LogP contribution in [0.3, 0.4) is 0 Å². The summed E-state index contributed by atoms with van der Waals surface area (Å²) < 4.78 is 1.06. The largest absolute Gasteiger partial charge is 0.390 e. The van der Waals surface area contributed by atoms with E-state index in [2.05, 4.69) is 27.0 Å². The average Bonchev–Trinajstić information content (AvgIpc) is 2.45. The van der Waals surface area contributed by atoms with Crippen molar-refractivity contribution in [3.8, 4) is 0 Å². The minimum atomic E-state index is -0.664. The molecular formula is C12H14BrNO. The van der Waals surface area contributed by atoms with Crippen molar-refractivity contribution >= 4 is 26.8 Å². The number of aliphatic hydroxyl groups is 1. The number of hydrogen-bond donors (Lipinski definition) is 2. The van der Waals surface area contributed by atoms with Gasteiger partial charge in [0.1, 0.15) is 0 Å². The number of nitrogens with one attached hydrogen (secondary N) is 1. The van der Waals surface area contributed by atoms with E-state index >= 15 is 0 Å². The predicted molar refractivity (Wildman–Crippen MR) is 66.0 cm³/mol. The lowest BCUT2D eigenvalue weighted by Crippen LogP contribution is -2.21. The molecule has 2 nitrogen and oxygen atoms in total. The third kappa shape index (κ3) is 2.41. The minimum Gasteiger partial charge on any atom is -0.390 e. The Kier molecular flexibility index (Phi) is 2.61. The number of H-pyrrole nitrogens is 1. The second-order valence-corrected chi connectivity index (χ2v) is 5.41. The summed E-state index contributed by atoms with van der Waals surface area (Å²) in [7, 11) is 0. The van der Waals surface area contributed by atoms with Crippen LogP contribution in [0.4, 0.5) is 0 Å². The summed E-state index contributed by atoms with van der Waals surface area (Å²) >= 11 is 3.43. The third-order valence-electron chi connectivity index (χ3n) is 2.35. The fourth-order valence-corrected chi connectivity index (χ4v) is 2.13. The lowest BCUT2D eigenvalue weighted by molar-refractivity contribution is 0.0813. The zero-order valence-electron chi connectivity index (χ0n) is 8.84. The molecule has 0 spiro atoms. The smallest absolute Gasteiger partial charge is 0.0632 e. The fourth-order valence-electron chi connectivity index (χ4n) is 1.77. The van der Waals surface area contributed by atoms with Gasteiger partial charge in [-0.1, -0.05) is 22.0 Å². The standard InChI is InChI=1S/C12H14BrNO/c1-12(2,15)6-8-7-14-11-5-9(13)3-4-10(8)11/h3-5,7,14-15H,6H2,1-2H3. The van der Waals surface area contributed by atoms with E-state index in [0.29, 0.717) is 6.42 Å². The Morgan fingerprint density at radius 3 is 2.80 bits per heavy atom. The molecule has 0 aliphatic rings. The quantitative estimate of drug-likeness (QED) is 0.861. The normalized spacial score (nSPS) is 12.3. The highest BCUT2D eigenvalue weighted by atomic mass is 79.9. The second-order valence-electron chi connectivity index (χ2n) is 4.49. The molecule has 1 heterocycles. The van der Waals surface area contributed by atoms with Crippen molar-refractivity contribution in [1.29, 1.82) is 0 Å². The molecular weight excluding hydrogens is 254 g/mol. The summed E-state index contributed by atoms with van der Waals surface area (Å²) in [4.78, 5) is 3.21. The maximum Gasteiger partial charge on any atom is 0.0632 e. The zero-order valence-corrected chi connectivity index (χ0v) is 10.4. The lowest BCUT2D eigenvalue weighted by Gasteiger charge is -2.15. The fraction of sp³-hybridized carbons (Fsp3) is 0.333. The SMILES string of the molecule is CC(C)(O)Cc1c[nH]c2cc(Br)ccc12. The maximum absolute atomic E-state index is 9.78. The summed E-state index contributed by atoms with van der Waals surface area (Å²) in [5, 5.41) is 11.0. The Bertz CT molecular complexity index is 482. The molecule has 0 unspecified atom stereocenters. The van der Waals surface area contributed by atoms with E-state index in [1.54, 1.807) is 0 Å². The summed E-state index contributed by atoms with van der Waals surface area (Å²) in [5.74, 6) is 0. The van der Waals surface area contributed by atoms with E-state index < -0.39 is 5.60 Å². The Labute approximate surface area is 97.4 Å². The van der Waals surface area contributed by atoms with Crippen LogP contribution in [0.5, 0.6) is 0 Å². The van der Waals surface area contributed by atoms with Gasteiger partial charge in [0.05, 0.1) is 5.60 Å². The summed E-state index contributed by atoms with van der Waals surface area (Å²) in [6.07, 6.45) is 2.63. The number of aromatic nitrogens is 1. The van der Waals surface area contributed by atoms with Gasteiger partial charge in [0.2, 0.25) is 0 Å². The van der Waals surface area contributed by atoms with Gasteiger partial charge in [-0.25, -0.2) is 0 Å². The Hall–Kier alpha value is -0.800. The molecule has 2 rings (SSSR count). The van der Waals surface area contributed by atoms with Crippen molar-refractivity contribution in [3.63, 3.8) is 0 Å². The molecule has 3 heteroatoms. The van der Waals surface area contributed by atoms with E-state index in [4.69, 9.17) is 0 Å². The first-order valence-electron chi connectivity index (χ1n) is 4.94. The highest BCUT2D eigenvalue weighted by Gasteiger charge is 2.15. The summed E-state index contributed by atoms with van der Waals surface area (Å²) in [6.45, 7) is 3.65. The van der Waals surface area contributed by atoms with Crippen LogP contribution < -0.4 is 0 Å². The van der Waals surface area contributed by atoms with Crippen LogP contribution >= 0.6 is 15.9 Å². The molecule has 80 valence electrons. The summed E-state index contributed by atoms with van der Waals surface area (Å²) in [6, 6.07) is 6.13. The van der Waals surface area contributed by atoms with Crippen molar-refractivity contribution in [2.24, 2.45) is 0 Å². The Morgan fingerprint density at radius 1 is 1.40 bits per heavy atom. The molecule has 0 atom stereocenters. The molecule has 0 amide bonds. The van der Waals surface area contributed by atoms with Crippen LogP contribution in [0, 0.1) is 0 Å². The number of halogens is 1. The molecule has 0 bridgehead atoms. The van der Waals surface area contributed by atoms with Crippen LogP contribution in [0.15, 0.2) is 28.9 Å². The third-order valence-corrected chi connectivity index (χ3v) is 2.85. The first-order chi connectivity index (χ1) is 6.96. The van der Waals surface area contributed by atoms with Gasteiger partial charge in [-0.15, -0.1) is 0 Å². The first-order valence-corrected chi connectivity index (χ1v) is 5.73. The van der Waals surface area contributed by atoms with Gasteiger partial charge in [-0.2, -0.15) is 0 Å². The van der Waals surface area contributed by atoms with Crippen molar-refractivity contribution in [2.45, 2.75) is 25.9 Å². The molecule has 0 aliphatic carbocycles. The van der Waals surface area contributed by atoms with Gasteiger partial charge in [0, 0.05) is 28.0 Å². The topological polar surface area (TPSA) is 36.0 Å². The molecule has 0 saturated heterocycles. The van der Waals surface area contributed by atoms with Gasteiger partial charge in [-0.05, 0) is 31.5 Å². The second kappa shape index (κ2) is 3.65. The monoisotopic (exact) mass is 267 g/mol. The highest BCUT2D eigenvalue weighted by molar-refractivity contribution is 9.10. The van der Waals surface area contributed by atoms with E-state index in [1.165, 1.54) is 5.39 Å². The van der Waals surface area contributed by atoms with Gasteiger partial charge in [-0.3, -0.25) is 0 Å². The van der Waals surface area contributed by atoms with Gasteiger partial charge < -0.3 is 10.1 Å². The van der Waals surface area contributed by atoms with Gasteiger partial charge >= 0.3 is 0 Å². The number of benzene rings is 1. The van der Waals surface area contributed by atoms with Crippen LogP contribution in [0.1, 0.15) is 19.4 Å². The number of rotatable bonds is 2. The first kappa shape index (κ1) is 10.7. The van der Waals surface area contributed by atoms with Crippen molar-refractivity contribution in [3.05, 3.63) is 34.4 Å². The predicted octanol–water partition coefficient (Wildman–Crippen LogP) is 3.24. The average molecular weight is 268 g/mol. The number of hydrogen-bond acceptors (Lipinski definition) is 1. The highest BCUT2D eigenvalue weighted by Crippen LogP contribution is 2.25. The van der Waals surface area contributed by atoms with Crippen molar-refractivity contribution in [1.82, 2.24) is 4.98 Å². The van der Waals surface area contributed by atoms with E-state index in [0.717, 1.165) is 15.6 Å². The van der Waals surface area contributed by atoms with E-state index in [1.807, 2.05) is 32.2 Å². The van der Waals surface area contributed by atoms with E-state index in [-0.39, 0.29) is 0 Å². The molecule has 0 saturated carbocycles. The maximum atomic E-state index is 9.78. The molecule has 15 heavy (non-hydrogen) atoms. The minimum absolute atomic E-state index is 0.661. The van der Waals surface area contributed by atoms with Crippen molar-refractivity contribution < 1.29 is 5.11 Å². The van der Waals surface area contributed by atoms with Crippen LogP contribution in [-0.2, 0) is 6.42 Å². The molecule has 1 aromatic heterocycles. The van der Waals surface area contributed by atoms with Gasteiger partial charge in [0.25, 0.3) is 0 Å². The van der Waals surface area contributed by atoms with Crippen LogP contribution in [0.25, 0.3) is 10.9 Å². The molecule has 2 aromatic rings. The van der Waals surface area contributed by atoms with Crippen molar-refractivity contribution in [2.75, 3.05) is 0 Å². The van der Waals surface area contributed by atoms with Crippen LogP contribution in [-0.4, -0.2) is 15.7 Å². The molecule has 0 fully saturated rings. The molecule has 2 N–H and O–H groups in total. The molecule has 0 radical (unpaired) electrons. The Morgan fingerprint density at radius 2 is 2.13 bits per heavy atom. The lowest BCUT2D eigenvalue weighted by atomic mass is 9.98. The molecule has 0 aliphatic heterocycles. The Balaban J connectivity index is 2.45.